The van der Waals surface area contributed by atoms with Gasteiger partial charge in [-0.15, -0.1) is 59.7 Å². The molecule has 0 spiro atoms. The molecule has 5 aromatic carbocycles. The first-order chi connectivity index (χ1) is 23.8. The van der Waals surface area contributed by atoms with E-state index in [9.17, 15) is 0 Å². The molecule has 5 heteroatoms. The first-order valence-electron chi connectivity index (χ1n) is 16.6. The van der Waals surface area contributed by atoms with E-state index in [0.29, 0.717) is 0 Å². The average Bonchev–Trinajstić information content (AvgIpc) is 3.52. The van der Waals surface area contributed by atoms with Crippen LogP contribution in [0, 0.1) is 19.1 Å². The van der Waals surface area contributed by atoms with Crippen molar-refractivity contribution < 1.29 is 24.5 Å². The molecule has 0 amide bonds. The number of hydrogen-bond acceptors (Lipinski definition) is 4. The number of nitrogens with one attached hydrogen (secondary N) is 1. The Labute approximate surface area is 306 Å². The number of aromatic nitrogens is 2. The van der Waals surface area contributed by atoms with Gasteiger partial charge >= 0.3 is 0 Å². The number of para-hydroxylation sites is 1. The van der Waals surface area contributed by atoms with Crippen LogP contribution in [-0.4, -0.2) is 9.97 Å². The zero-order chi connectivity index (χ0) is 33.5. The molecule has 1 aliphatic rings. The Hall–Kier alpha value is -5.35. The normalized spacial score (nSPS) is 11.6. The van der Waals surface area contributed by atoms with Crippen molar-refractivity contribution in [3.8, 4) is 44.8 Å². The molecule has 0 fully saturated rings. The number of benzene rings is 5. The van der Waals surface area contributed by atoms with Crippen LogP contribution in [0.5, 0.6) is 0 Å². The van der Waals surface area contributed by atoms with Crippen LogP contribution in [-0.2, 0) is 25.5 Å². The van der Waals surface area contributed by atoms with Gasteiger partial charge in [-0.3, -0.25) is 0 Å². The molecule has 0 saturated carbocycles. The Morgan fingerprint density at radius 2 is 1.42 bits per heavy atom. The van der Waals surface area contributed by atoms with Gasteiger partial charge in [-0.1, -0.05) is 80.9 Å². The van der Waals surface area contributed by atoms with Gasteiger partial charge in [-0.05, 0) is 82.0 Å². The molecule has 3 aromatic heterocycles. The zero-order valence-electron chi connectivity index (χ0n) is 28.3. The molecule has 1 N–H and O–H groups in total. The van der Waals surface area contributed by atoms with Crippen LogP contribution in [0.2, 0.25) is 0 Å². The van der Waals surface area contributed by atoms with Gasteiger partial charge in [0.15, 0.2) is 0 Å². The number of anilines is 2. The van der Waals surface area contributed by atoms with E-state index >= 15 is 0 Å². The smallest absolute Gasteiger partial charge is 0.137 e. The minimum absolute atomic E-state index is 0. The summed E-state index contributed by atoms with van der Waals surface area (Å²) in [5.74, 6) is 0. The Kier molecular flexibility index (Phi) is 8.96. The summed E-state index contributed by atoms with van der Waals surface area (Å²) in [6, 6.07) is 48.0. The Bertz CT molecular complexity index is 2420. The minimum Gasteiger partial charge on any atom is -0.456 e. The molecule has 50 heavy (non-hydrogen) atoms. The van der Waals surface area contributed by atoms with E-state index < -0.39 is 0 Å². The molecular weight excluding hydrogens is 791 g/mol. The van der Waals surface area contributed by atoms with Crippen molar-refractivity contribution >= 4 is 33.3 Å². The number of furan rings is 1. The molecule has 1 radical (unpaired) electrons. The summed E-state index contributed by atoms with van der Waals surface area (Å²) in [7, 11) is 0. The molecule has 0 atom stereocenters. The van der Waals surface area contributed by atoms with Crippen molar-refractivity contribution in [2.24, 2.45) is 0 Å². The van der Waals surface area contributed by atoms with Crippen molar-refractivity contribution in [1.29, 1.82) is 0 Å². The fraction of sp³-hybridized carbons (Fsp3) is 0.111. The molecule has 8 aromatic rings. The summed E-state index contributed by atoms with van der Waals surface area (Å²) in [5, 5.41) is 6.03. The van der Waals surface area contributed by atoms with Gasteiger partial charge in [-0.2, -0.15) is 0 Å². The van der Waals surface area contributed by atoms with Crippen molar-refractivity contribution in [2.75, 3.05) is 5.32 Å². The third-order valence-electron chi connectivity index (χ3n) is 9.22. The van der Waals surface area contributed by atoms with E-state index in [1.54, 1.807) is 6.20 Å². The number of hydrogen-bond donors (Lipinski definition) is 1. The molecule has 0 saturated heterocycles. The van der Waals surface area contributed by atoms with Crippen LogP contribution in [0.15, 0.2) is 138 Å². The number of fused-ring (bicyclic) bond motifs is 10. The van der Waals surface area contributed by atoms with E-state index in [-0.39, 0.29) is 25.5 Å². The minimum atomic E-state index is 0. The van der Waals surface area contributed by atoms with E-state index in [4.69, 9.17) is 9.40 Å². The summed E-state index contributed by atoms with van der Waals surface area (Å²) in [6.07, 6.45) is 3.69. The van der Waals surface area contributed by atoms with Crippen LogP contribution in [0.25, 0.3) is 66.7 Å². The maximum atomic E-state index is 6.22. The first-order valence-corrected chi connectivity index (χ1v) is 16.6. The topological polar surface area (TPSA) is 51.0 Å². The van der Waals surface area contributed by atoms with E-state index in [1.165, 1.54) is 27.8 Å². The van der Waals surface area contributed by atoms with Crippen molar-refractivity contribution in [3.63, 3.8) is 0 Å². The predicted octanol–water partition coefficient (Wildman–Crippen LogP) is 12.0. The molecule has 4 heterocycles. The fourth-order valence-corrected chi connectivity index (χ4v) is 6.61. The van der Waals surface area contributed by atoms with Gasteiger partial charge in [0.2, 0.25) is 0 Å². The van der Waals surface area contributed by atoms with Gasteiger partial charge in [-0.25, -0.2) is 0 Å². The van der Waals surface area contributed by atoms with Gasteiger partial charge < -0.3 is 19.7 Å². The summed E-state index contributed by atoms with van der Waals surface area (Å²) < 4.78 is 6.22. The second kappa shape index (κ2) is 13.5. The number of pyridine rings is 2. The van der Waals surface area contributed by atoms with Crippen molar-refractivity contribution in [1.82, 2.24) is 9.97 Å². The largest absolute Gasteiger partial charge is 0.456 e. The van der Waals surface area contributed by atoms with Crippen LogP contribution >= 0.6 is 0 Å². The molecule has 0 aliphatic carbocycles. The second-order valence-corrected chi connectivity index (χ2v) is 13.4. The molecular formula is C45H35IrN3O-2. The number of nitrogens with zero attached hydrogens (tertiary/aromatic N) is 2. The van der Waals surface area contributed by atoms with Crippen molar-refractivity contribution in [3.05, 3.63) is 157 Å². The third-order valence-corrected chi connectivity index (χ3v) is 9.22. The standard InChI is InChI=1S/C34H27N2O.C11H8N.Ir/c1-20-23-9-7-10-24(20)27-18-21(29-19-22(16-17-35-29)34(2,3)4)12-14-28(27)36-33-25(23)13-15-31-32(33)26-8-5-6-11-30(26)37-31;1-2-6-10(7-3-1)11-8-4-5-9-12-11;/h5-11,13-19,36H,1-4H3;1-6,8-9H;/q2*-1;. The summed E-state index contributed by atoms with van der Waals surface area (Å²) in [4.78, 5) is 8.93. The quantitative estimate of drug-likeness (QED) is 0.176. The van der Waals surface area contributed by atoms with Gasteiger partial charge in [0, 0.05) is 49.1 Å². The van der Waals surface area contributed by atoms with Crippen molar-refractivity contribution in [2.45, 2.75) is 33.1 Å². The van der Waals surface area contributed by atoms with Crippen LogP contribution in [0.3, 0.4) is 0 Å². The summed E-state index contributed by atoms with van der Waals surface area (Å²) in [5.41, 5.74) is 15.1. The SMILES string of the molecule is Cc1c2cccc1-c1ccc3oc4ccccc4c3c1Nc1c[c-]c(-c3cc(C(C)(C)C)ccn3)cc1-2.[Ir].[c-]1ccccc1-c1ccccn1. The number of rotatable bonds is 2. The predicted molar refractivity (Wildman–Crippen MR) is 202 cm³/mol. The first kappa shape index (κ1) is 33.2. The summed E-state index contributed by atoms with van der Waals surface area (Å²) in [6.45, 7) is 8.91. The molecule has 2 bridgehead atoms. The monoisotopic (exact) mass is 826 g/mol. The third kappa shape index (κ3) is 6.15. The van der Waals surface area contributed by atoms with E-state index in [0.717, 1.165) is 61.4 Å². The Morgan fingerprint density at radius 1 is 0.640 bits per heavy atom. The average molecular weight is 826 g/mol. The summed E-state index contributed by atoms with van der Waals surface area (Å²) >= 11 is 0. The fourth-order valence-electron chi connectivity index (χ4n) is 6.61. The molecule has 1 aliphatic heterocycles. The van der Waals surface area contributed by atoms with Gasteiger partial charge in [0.1, 0.15) is 11.2 Å². The molecule has 0 unspecified atom stereocenters. The molecule has 4 nitrogen and oxygen atoms in total. The van der Waals surface area contributed by atoms with Gasteiger partial charge in [0.25, 0.3) is 0 Å². The molecule has 247 valence electrons. The van der Waals surface area contributed by atoms with Crippen LogP contribution in [0.4, 0.5) is 11.4 Å². The Morgan fingerprint density at radius 3 is 2.20 bits per heavy atom. The van der Waals surface area contributed by atoms with E-state index in [2.05, 4.69) is 117 Å². The maximum absolute atomic E-state index is 6.22. The van der Waals surface area contributed by atoms with Gasteiger partial charge in [0.05, 0.1) is 5.39 Å². The second-order valence-electron chi connectivity index (χ2n) is 13.4. The Balaban J connectivity index is 0.000000255. The zero-order valence-corrected chi connectivity index (χ0v) is 30.7. The van der Waals surface area contributed by atoms with E-state index in [1.807, 2.05) is 60.8 Å². The van der Waals surface area contributed by atoms with Crippen LogP contribution in [0.1, 0.15) is 31.9 Å². The van der Waals surface area contributed by atoms with Crippen LogP contribution < -0.4 is 5.32 Å². The maximum Gasteiger partial charge on any atom is 0.137 e. The molecule has 9 rings (SSSR count).